The quantitative estimate of drug-likeness (QED) is 0.245. The number of hydrogen-bond acceptors (Lipinski definition) is 2. The molecule has 34 heavy (non-hydrogen) atoms. The second-order valence-corrected chi connectivity index (χ2v) is 19.2. The van der Waals surface area contributed by atoms with E-state index in [2.05, 4.69) is 101 Å². The van der Waals surface area contributed by atoms with Gasteiger partial charge in [-0.1, -0.05) is 57.6 Å². The molecule has 0 spiro atoms. The molecular weight excluding hydrogens is 628 g/mol. The van der Waals surface area contributed by atoms with Crippen LogP contribution < -0.4 is 21.0 Å². The fraction of sp³-hybridized carbons (Fsp3) is 0.241. The number of rotatable bonds is 4. The molecule has 0 fully saturated rings. The first-order valence-corrected chi connectivity index (χ1v) is 17.6. The van der Waals surface area contributed by atoms with Crippen LogP contribution in [0.3, 0.4) is 0 Å². The van der Waals surface area contributed by atoms with E-state index in [1.807, 2.05) is 24.5 Å². The molecule has 174 valence electrons. The third-order valence-corrected chi connectivity index (χ3v) is 13.9. The van der Waals surface area contributed by atoms with E-state index < -0.39 is 16.1 Å². The number of pyridine rings is 2. The van der Waals surface area contributed by atoms with Gasteiger partial charge in [-0.25, -0.2) is 11.1 Å². The summed E-state index contributed by atoms with van der Waals surface area (Å²) in [5, 5.41) is 4.98. The van der Waals surface area contributed by atoms with Crippen LogP contribution >= 0.6 is 0 Å². The van der Waals surface area contributed by atoms with Gasteiger partial charge in [0.1, 0.15) is 16.1 Å². The van der Waals surface area contributed by atoms with E-state index >= 15 is 0 Å². The maximum absolute atomic E-state index is 4.71. The minimum absolute atomic E-state index is 0. The van der Waals surface area contributed by atoms with Gasteiger partial charge in [0.2, 0.25) is 0 Å². The third kappa shape index (κ3) is 3.90. The van der Waals surface area contributed by atoms with Crippen molar-refractivity contribution in [3.63, 3.8) is 0 Å². The molecule has 5 heteroatoms. The van der Waals surface area contributed by atoms with Crippen molar-refractivity contribution < 1.29 is 21.1 Å². The van der Waals surface area contributed by atoms with Gasteiger partial charge in [0.15, 0.2) is 0 Å². The fourth-order valence-electron chi connectivity index (χ4n) is 5.04. The molecular formula is C29H30N2PtSi2. The van der Waals surface area contributed by atoms with Crippen molar-refractivity contribution >= 4 is 37.2 Å². The zero-order valence-electron chi connectivity index (χ0n) is 20.6. The second-order valence-electron chi connectivity index (χ2n) is 10.6. The zero-order chi connectivity index (χ0) is 23.4. The molecule has 0 saturated carbocycles. The Hall–Kier alpha value is -2.14. The molecule has 2 aromatic carbocycles. The SMILES string of the molecule is CC1(C)c2ccc([Si](C)(C)c3ccccn3)[c-]c2-c2[c-]c([Si](C)(C)c3ccccn3)ccc21.[Pt+2]. The number of fused-ring (bicyclic) bond motifs is 3. The Kier molecular flexibility index (Phi) is 6.48. The van der Waals surface area contributed by atoms with Crippen LogP contribution in [0, 0.1) is 12.1 Å². The number of nitrogens with zero attached hydrogens (tertiary/aromatic N) is 2. The van der Waals surface area contributed by atoms with Crippen LogP contribution in [0.1, 0.15) is 25.0 Å². The van der Waals surface area contributed by atoms with Gasteiger partial charge < -0.3 is 0 Å². The summed E-state index contributed by atoms with van der Waals surface area (Å²) in [6, 6.07) is 29.5. The van der Waals surface area contributed by atoms with Crippen molar-refractivity contribution in [3.8, 4) is 11.1 Å². The van der Waals surface area contributed by atoms with Gasteiger partial charge in [0, 0.05) is 23.0 Å². The topological polar surface area (TPSA) is 25.8 Å². The first-order chi connectivity index (χ1) is 15.6. The van der Waals surface area contributed by atoms with Crippen molar-refractivity contribution in [2.24, 2.45) is 0 Å². The van der Waals surface area contributed by atoms with Gasteiger partial charge in [-0.05, 0) is 24.3 Å². The maximum atomic E-state index is 4.71. The van der Waals surface area contributed by atoms with E-state index in [1.165, 1.54) is 43.3 Å². The van der Waals surface area contributed by atoms with Crippen LogP contribution in [0.5, 0.6) is 0 Å². The summed E-state index contributed by atoms with van der Waals surface area (Å²) in [5.74, 6) is 0. The third-order valence-electron chi connectivity index (χ3n) is 7.45. The minimum Gasteiger partial charge on any atom is -0.266 e. The molecule has 2 aromatic heterocycles. The molecule has 2 heterocycles. The summed E-state index contributed by atoms with van der Waals surface area (Å²) in [4.78, 5) is 9.41. The van der Waals surface area contributed by atoms with Crippen LogP contribution in [-0.2, 0) is 26.5 Å². The van der Waals surface area contributed by atoms with Crippen molar-refractivity contribution in [1.82, 2.24) is 9.97 Å². The van der Waals surface area contributed by atoms with Gasteiger partial charge in [0.25, 0.3) is 0 Å². The van der Waals surface area contributed by atoms with Crippen molar-refractivity contribution in [2.45, 2.75) is 45.5 Å². The first-order valence-electron chi connectivity index (χ1n) is 11.6. The van der Waals surface area contributed by atoms with E-state index in [0.717, 1.165) is 0 Å². The predicted octanol–water partition coefficient (Wildman–Crippen LogP) is 4.03. The van der Waals surface area contributed by atoms with Crippen LogP contribution in [0.2, 0.25) is 26.2 Å². The molecule has 0 bridgehead atoms. The second kappa shape index (κ2) is 8.82. The van der Waals surface area contributed by atoms with Crippen LogP contribution in [0.25, 0.3) is 11.1 Å². The van der Waals surface area contributed by atoms with Gasteiger partial charge >= 0.3 is 21.1 Å². The van der Waals surface area contributed by atoms with Gasteiger partial charge in [0.05, 0.1) is 0 Å². The molecule has 0 aliphatic heterocycles. The van der Waals surface area contributed by atoms with E-state index in [9.17, 15) is 0 Å². The largest absolute Gasteiger partial charge is 2.00 e. The summed E-state index contributed by atoms with van der Waals surface area (Å²) < 4.78 is 0. The molecule has 0 amide bonds. The smallest absolute Gasteiger partial charge is 0.266 e. The molecule has 4 aromatic rings. The number of hydrogen-bond donors (Lipinski definition) is 0. The standard InChI is InChI=1S/C29H30N2Si2.Pt/c1-29(2)25-15-13-21(32(3,4)27-11-7-9-17-30-27)19-23(25)24-20-22(14-16-26(24)29)33(5,6)28-12-8-10-18-31-28;/h7-18H,1-6H3;/q-2;+2. The Morgan fingerprint density at radius 2 is 1.03 bits per heavy atom. The van der Waals surface area contributed by atoms with Crippen molar-refractivity contribution in [1.29, 1.82) is 0 Å². The molecule has 0 N–H and O–H groups in total. The van der Waals surface area contributed by atoms with Gasteiger partial charge in [-0.15, -0.1) is 22.5 Å². The van der Waals surface area contributed by atoms with Crippen LogP contribution in [-0.4, -0.2) is 26.1 Å². The Balaban J connectivity index is 0.00000274. The monoisotopic (exact) mass is 657 g/mol. The van der Waals surface area contributed by atoms with E-state index in [-0.39, 0.29) is 26.5 Å². The van der Waals surface area contributed by atoms with Crippen LogP contribution in [0.15, 0.2) is 73.1 Å². The Labute approximate surface area is 220 Å². The Morgan fingerprint density at radius 1 is 0.618 bits per heavy atom. The van der Waals surface area contributed by atoms with Gasteiger partial charge in [-0.2, -0.15) is 35.4 Å². The maximum Gasteiger partial charge on any atom is 2.00 e. The summed E-state index contributed by atoms with van der Waals surface area (Å²) in [6.07, 6.45) is 3.81. The van der Waals surface area contributed by atoms with E-state index in [0.29, 0.717) is 0 Å². The number of benzene rings is 2. The molecule has 0 unspecified atom stereocenters. The Morgan fingerprint density at radius 3 is 1.38 bits per heavy atom. The van der Waals surface area contributed by atoms with E-state index in [1.54, 1.807) is 0 Å². The summed E-state index contributed by atoms with van der Waals surface area (Å²) in [7, 11) is -3.90. The summed E-state index contributed by atoms with van der Waals surface area (Å²) >= 11 is 0. The minimum atomic E-state index is -1.95. The molecule has 0 saturated heterocycles. The van der Waals surface area contributed by atoms with Crippen molar-refractivity contribution in [3.05, 3.63) is 96.3 Å². The molecule has 1 aliphatic rings. The first kappa shape index (κ1) is 25.0. The average molecular weight is 658 g/mol. The molecule has 5 rings (SSSR count). The Bertz CT molecular complexity index is 1230. The number of aromatic nitrogens is 2. The fourth-order valence-corrected chi connectivity index (χ4v) is 9.29. The van der Waals surface area contributed by atoms with Gasteiger partial charge in [-0.3, -0.25) is 9.97 Å². The summed E-state index contributed by atoms with van der Waals surface area (Å²) in [6.45, 7) is 14.1. The summed E-state index contributed by atoms with van der Waals surface area (Å²) in [5.41, 5.74) is 5.08. The van der Waals surface area contributed by atoms with Crippen molar-refractivity contribution in [2.75, 3.05) is 0 Å². The van der Waals surface area contributed by atoms with Crippen LogP contribution in [0.4, 0.5) is 0 Å². The predicted molar refractivity (Wildman–Crippen MR) is 144 cm³/mol. The molecule has 1 aliphatic carbocycles. The normalized spacial score (nSPS) is 14.2. The van der Waals surface area contributed by atoms with E-state index in [4.69, 9.17) is 9.97 Å². The zero-order valence-corrected chi connectivity index (χ0v) is 24.9. The molecule has 0 atom stereocenters. The average Bonchev–Trinajstić information content (AvgIpc) is 3.06. The molecule has 0 radical (unpaired) electrons. The molecule has 2 nitrogen and oxygen atoms in total.